The molecule has 3 heteroatoms. The summed E-state index contributed by atoms with van der Waals surface area (Å²) in [7, 11) is 0. The molecular weight excluding hydrogens is 200 g/mol. The van der Waals surface area contributed by atoms with Gasteiger partial charge in [-0.15, -0.1) is 0 Å². The van der Waals surface area contributed by atoms with Crippen molar-refractivity contribution in [3.05, 3.63) is 42.9 Å². The molecule has 16 heavy (non-hydrogen) atoms. The fourth-order valence-electron chi connectivity index (χ4n) is 2.50. The molecule has 82 valence electrons. The van der Waals surface area contributed by atoms with Crippen LogP contribution in [-0.2, 0) is 0 Å². The number of rotatable bonds is 3. The second kappa shape index (κ2) is 3.76. The first-order chi connectivity index (χ1) is 7.88. The van der Waals surface area contributed by atoms with Gasteiger partial charge < -0.3 is 10.1 Å². The van der Waals surface area contributed by atoms with E-state index in [4.69, 9.17) is 4.74 Å². The second-order valence-electron chi connectivity index (χ2n) is 4.24. The van der Waals surface area contributed by atoms with Crippen LogP contribution in [-0.4, -0.2) is 18.1 Å². The number of fused-ring (bicyclic) bond motifs is 1. The molecule has 0 saturated carbocycles. The van der Waals surface area contributed by atoms with Gasteiger partial charge in [0.15, 0.2) is 0 Å². The van der Waals surface area contributed by atoms with Gasteiger partial charge in [0.2, 0.25) is 0 Å². The van der Waals surface area contributed by atoms with Crippen LogP contribution in [0, 0.1) is 11.8 Å². The van der Waals surface area contributed by atoms with Crippen LogP contribution in [0.1, 0.15) is 5.56 Å². The largest absolute Gasteiger partial charge is 0.464 e. The van der Waals surface area contributed by atoms with E-state index < -0.39 is 0 Å². The fraction of sp³-hybridized carbons (Fsp3) is 0.308. The molecule has 2 heterocycles. The molecule has 0 amide bonds. The van der Waals surface area contributed by atoms with Crippen LogP contribution < -0.4 is 10.1 Å². The normalized spacial score (nSPS) is 26.6. The molecule has 1 aromatic heterocycles. The Bertz CT molecular complexity index is 453. The van der Waals surface area contributed by atoms with E-state index >= 15 is 0 Å². The Kier molecular flexibility index (Phi) is 2.26. The number of nitrogens with one attached hydrogen (secondary N) is 1. The lowest BCUT2D eigenvalue weighted by Gasteiger charge is -2.29. The van der Waals surface area contributed by atoms with E-state index in [9.17, 15) is 0 Å². The van der Waals surface area contributed by atoms with E-state index in [1.807, 2.05) is 12.3 Å². The summed E-state index contributed by atoms with van der Waals surface area (Å²) in [5.41, 5.74) is 2.57. The zero-order chi connectivity index (χ0) is 11.0. The molecule has 0 spiro atoms. The standard InChI is InChI=1S/C13H14N2O/c1-2-16-11-3-9(5-14-7-11)12-4-10-6-15-8-13(10)12/h2-5,7,10,13,15H,1,6,8H2. The summed E-state index contributed by atoms with van der Waals surface area (Å²) in [4.78, 5) is 4.19. The lowest BCUT2D eigenvalue weighted by molar-refractivity contribution is 0.480. The van der Waals surface area contributed by atoms with Crippen LogP contribution in [0.4, 0.5) is 0 Å². The van der Waals surface area contributed by atoms with Gasteiger partial charge in [-0.25, -0.2) is 0 Å². The average molecular weight is 214 g/mol. The predicted octanol–water partition coefficient (Wildman–Crippen LogP) is 1.84. The first-order valence-electron chi connectivity index (χ1n) is 5.54. The Morgan fingerprint density at radius 1 is 1.44 bits per heavy atom. The van der Waals surface area contributed by atoms with Gasteiger partial charge in [0.05, 0.1) is 12.5 Å². The Balaban J connectivity index is 1.87. The number of nitrogens with zero attached hydrogens (tertiary/aromatic N) is 1. The summed E-state index contributed by atoms with van der Waals surface area (Å²) in [5, 5.41) is 3.40. The summed E-state index contributed by atoms with van der Waals surface area (Å²) in [5.74, 6) is 2.14. The minimum absolute atomic E-state index is 0.667. The molecule has 2 atom stereocenters. The summed E-state index contributed by atoms with van der Waals surface area (Å²) in [6, 6.07) is 2.02. The van der Waals surface area contributed by atoms with Crippen molar-refractivity contribution < 1.29 is 4.74 Å². The van der Waals surface area contributed by atoms with Gasteiger partial charge in [-0.05, 0) is 23.1 Å². The van der Waals surface area contributed by atoms with Crippen molar-refractivity contribution in [2.75, 3.05) is 13.1 Å². The summed E-state index contributed by atoms with van der Waals surface area (Å²) >= 11 is 0. The lowest BCUT2D eigenvalue weighted by Crippen LogP contribution is -2.22. The van der Waals surface area contributed by atoms with Gasteiger partial charge in [-0.2, -0.15) is 0 Å². The molecule has 1 aliphatic heterocycles. The lowest BCUT2D eigenvalue weighted by atomic mass is 9.74. The number of ether oxygens (including phenoxy) is 1. The Labute approximate surface area is 94.8 Å². The molecule has 1 saturated heterocycles. The molecule has 1 aliphatic carbocycles. The summed E-state index contributed by atoms with van der Waals surface area (Å²) in [6.45, 7) is 5.75. The molecule has 0 aromatic carbocycles. The second-order valence-corrected chi connectivity index (χ2v) is 4.24. The van der Waals surface area contributed by atoms with E-state index in [1.54, 1.807) is 6.20 Å². The van der Waals surface area contributed by atoms with Crippen molar-refractivity contribution in [1.29, 1.82) is 0 Å². The molecule has 0 bridgehead atoms. The van der Waals surface area contributed by atoms with Crippen LogP contribution in [0.5, 0.6) is 5.75 Å². The molecule has 2 aliphatic rings. The van der Waals surface area contributed by atoms with Crippen molar-refractivity contribution in [3.8, 4) is 5.75 Å². The average Bonchev–Trinajstić information content (AvgIpc) is 2.61. The van der Waals surface area contributed by atoms with Crippen molar-refractivity contribution >= 4 is 5.57 Å². The van der Waals surface area contributed by atoms with Crippen LogP contribution in [0.3, 0.4) is 0 Å². The Morgan fingerprint density at radius 2 is 2.38 bits per heavy atom. The van der Waals surface area contributed by atoms with Gasteiger partial charge in [0.25, 0.3) is 0 Å². The molecular formula is C13H14N2O. The minimum atomic E-state index is 0.667. The van der Waals surface area contributed by atoms with Crippen LogP contribution in [0.25, 0.3) is 5.57 Å². The van der Waals surface area contributed by atoms with Crippen LogP contribution in [0.2, 0.25) is 0 Å². The maximum absolute atomic E-state index is 5.24. The maximum atomic E-state index is 5.24. The first-order valence-corrected chi connectivity index (χ1v) is 5.54. The third kappa shape index (κ3) is 1.44. The highest BCUT2D eigenvalue weighted by atomic mass is 16.5. The third-order valence-electron chi connectivity index (χ3n) is 3.32. The number of pyridine rings is 1. The van der Waals surface area contributed by atoms with Crippen molar-refractivity contribution in [3.63, 3.8) is 0 Å². The third-order valence-corrected chi connectivity index (χ3v) is 3.32. The quantitative estimate of drug-likeness (QED) is 0.779. The molecule has 3 rings (SSSR count). The van der Waals surface area contributed by atoms with Crippen LogP contribution in [0.15, 0.2) is 37.4 Å². The van der Waals surface area contributed by atoms with Gasteiger partial charge >= 0.3 is 0 Å². The van der Waals surface area contributed by atoms with E-state index in [1.165, 1.54) is 17.4 Å². The zero-order valence-corrected chi connectivity index (χ0v) is 9.02. The van der Waals surface area contributed by atoms with E-state index in [-0.39, 0.29) is 0 Å². The van der Waals surface area contributed by atoms with E-state index in [0.717, 1.165) is 24.8 Å². The minimum Gasteiger partial charge on any atom is -0.464 e. The molecule has 1 fully saturated rings. The maximum Gasteiger partial charge on any atom is 0.145 e. The summed E-state index contributed by atoms with van der Waals surface area (Å²) in [6.07, 6.45) is 7.36. The number of hydrogen-bond donors (Lipinski definition) is 1. The molecule has 2 unspecified atom stereocenters. The summed E-state index contributed by atoms with van der Waals surface area (Å²) < 4.78 is 5.24. The predicted molar refractivity (Wildman–Crippen MR) is 62.9 cm³/mol. The number of aromatic nitrogens is 1. The van der Waals surface area contributed by atoms with Crippen molar-refractivity contribution in [2.45, 2.75) is 0 Å². The molecule has 1 N–H and O–H groups in total. The van der Waals surface area contributed by atoms with Crippen molar-refractivity contribution in [1.82, 2.24) is 10.3 Å². The van der Waals surface area contributed by atoms with E-state index in [0.29, 0.717) is 5.92 Å². The SMILES string of the molecule is C=COc1cncc(C2=CC3CNCC23)c1. The molecule has 0 radical (unpaired) electrons. The first kappa shape index (κ1) is 9.60. The number of hydrogen-bond acceptors (Lipinski definition) is 3. The van der Waals surface area contributed by atoms with Gasteiger partial charge in [-0.3, -0.25) is 4.98 Å². The molecule has 1 aromatic rings. The van der Waals surface area contributed by atoms with Gasteiger partial charge in [0.1, 0.15) is 5.75 Å². The highest BCUT2D eigenvalue weighted by molar-refractivity contribution is 5.74. The van der Waals surface area contributed by atoms with Gasteiger partial charge in [-0.1, -0.05) is 12.7 Å². The smallest absolute Gasteiger partial charge is 0.145 e. The van der Waals surface area contributed by atoms with Crippen LogP contribution >= 0.6 is 0 Å². The highest BCUT2D eigenvalue weighted by Crippen LogP contribution is 2.42. The van der Waals surface area contributed by atoms with E-state index in [2.05, 4.69) is 23.0 Å². The topological polar surface area (TPSA) is 34.1 Å². The Hall–Kier alpha value is -1.61. The fourth-order valence-corrected chi connectivity index (χ4v) is 2.50. The molecule has 3 nitrogen and oxygen atoms in total. The highest BCUT2D eigenvalue weighted by Gasteiger charge is 2.36. The Morgan fingerprint density at radius 3 is 3.19 bits per heavy atom. The van der Waals surface area contributed by atoms with Crippen molar-refractivity contribution in [2.24, 2.45) is 11.8 Å². The van der Waals surface area contributed by atoms with Gasteiger partial charge in [0, 0.05) is 25.2 Å². The monoisotopic (exact) mass is 214 g/mol. The zero-order valence-electron chi connectivity index (χ0n) is 9.02.